The van der Waals surface area contributed by atoms with E-state index in [1.54, 1.807) is 0 Å². The van der Waals surface area contributed by atoms with Crippen LogP contribution >= 0.6 is 0 Å². The summed E-state index contributed by atoms with van der Waals surface area (Å²) in [7, 11) is 0. The monoisotopic (exact) mass is 236 g/mol. The Morgan fingerprint density at radius 3 is 1.94 bits per heavy atom. The molecule has 0 saturated carbocycles. The maximum absolute atomic E-state index is 3.08. The van der Waals surface area contributed by atoms with E-state index in [0.717, 1.165) is 19.3 Å². The third-order valence-electron chi connectivity index (χ3n) is 1.38. The van der Waals surface area contributed by atoms with Crippen LogP contribution in [0.4, 0.5) is 0 Å². The molecule has 1 rings (SSSR count). The van der Waals surface area contributed by atoms with Gasteiger partial charge in [-0.25, -0.2) is 0 Å². The molecule has 0 heterocycles. The molecule has 0 N–H and O–H groups in total. The van der Waals surface area contributed by atoms with Crippen molar-refractivity contribution in [1.29, 1.82) is 0 Å². The molecule has 1 aliphatic rings. The third kappa shape index (κ3) is 20.8. The molecule has 0 aromatic heterocycles. The lowest BCUT2D eigenvalue weighted by Gasteiger charge is -1.91. The first kappa shape index (κ1) is 24.9. The van der Waals surface area contributed by atoms with Gasteiger partial charge in [-0.15, -0.1) is 0 Å². The van der Waals surface area contributed by atoms with Crippen LogP contribution in [0.25, 0.3) is 0 Å². The Labute approximate surface area is 111 Å². The van der Waals surface area contributed by atoms with Gasteiger partial charge in [-0.3, -0.25) is 0 Å². The van der Waals surface area contributed by atoms with Crippen molar-refractivity contribution in [1.82, 2.24) is 0 Å². The van der Waals surface area contributed by atoms with Crippen LogP contribution in [0.2, 0.25) is 0 Å². The number of hydrogen-bond acceptors (Lipinski definition) is 0. The molecule has 0 aromatic rings. The van der Waals surface area contributed by atoms with Crippen LogP contribution in [0.5, 0.6) is 0 Å². The van der Waals surface area contributed by atoms with Crippen molar-refractivity contribution >= 4 is 0 Å². The highest BCUT2D eigenvalue weighted by Crippen LogP contribution is 2.01. The Balaban J connectivity index is -0.000000106. The van der Waals surface area contributed by atoms with Crippen LogP contribution in [0.1, 0.15) is 75.2 Å². The molecular weight excluding hydrogens is 204 g/mol. The van der Waals surface area contributed by atoms with Gasteiger partial charge in [0, 0.05) is 6.42 Å². The van der Waals surface area contributed by atoms with Gasteiger partial charge >= 0.3 is 0 Å². The van der Waals surface area contributed by atoms with E-state index in [4.69, 9.17) is 0 Å². The van der Waals surface area contributed by atoms with Gasteiger partial charge in [-0.2, -0.15) is 0 Å². The molecule has 0 aromatic carbocycles. The number of allylic oxidation sites excluding steroid dienone is 2. The molecule has 0 aliphatic heterocycles. The zero-order chi connectivity index (χ0) is 13.2. The summed E-state index contributed by atoms with van der Waals surface area (Å²) in [5, 5.41) is 0. The average Bonchev–Trinajstić information content (AvgIpc) is 2.36. The Hall–Kier alpha value is -1.14. The molecule has 1 aliphatic carbocycles. The van der Waals surface area contributed by atoms with Gasteiger partial charge in [0.05, 0.1) is 6.42 Å². The smallest absolute Gasteiger partial charge is 0.0706 e. The maximum atomic E-state index is 3.08. The first-order valence-electron chi connectivity index (χ1n) is 6.57. The van der Waals surface area contributed by atoms with Gasteiger partial charge in [0.25, 0.3) is 0 Å². The molecule has 0 heteroatoms. The van der Waals surface area contributed by atoms with E-state index in [1.165, 1.54) is 5.57 Å². The first-order valence-corrected chi connectivity index (χ1v) is 6.57. The summed E-state index contributed by atoms with van der Waals surface area (Å²) in [6.07, 6.45) is 4.75. The van der Waals surface area contributed by atoms with Gasteiger partial charge in [-0.1, -0.05) is 85.7 Å². The van der Waals surface area contributed by atoms with Crippen molar-refractivity contribution in [2.75, 3.05) is 0 Å². The van der Waals surface area contributed by atoms with E-state index in [9.17, 15) is 0 Å². The molecule has 0 amide bonds. The van der Waals surface area contributed by atoms with E-state index < -0.39 is 0 Å². The largest absolute Gasteiger partial charge is 0.0981 e. The van der Waals surface area contributed by atoms with Crippen LogP contribution < -0.4 is 0 Å². The molecule has 100 valence electrons. The quantitative estimate of drug-likeness (QED) is 0.502. The average molecular weight is 236 g/mol. The molecule has 17 heavy (non-hydrogen) atoms. The van der Waals surface area contributed by atoms with Gasteiger partial charge in [-0.05, 0) is 12.0 Å². The highest BCUT2D eigenvalue weighted by molar-refractivity contribution is 5.32. The van der Waals surface area contributed by atoms with Crippen molar-refractivity contribution in [2.45, 2.75) is 75.2 Å². The van der Waals surface area contributed by atoms with Crippen molar-refractivity contribution in [3.8, 4) is 23.7 Å². The normalized spacial score (nSPS) is 12.8. The SMILES string of the molecule is C.CC.CC.CC.CC/C1=C/CC#CCC#C1. The number of rotatable bonds is 1. The Bertz CT molecular complexity index is 247. The lowest BCUT2D eigenvalue weighted by molar-refractivity contribution is 1.14. The summed E-state index contributed by atoms with van der Waals surface area (Å²) in [6.45, 7) is 14.1. The Kier molecular flexibility index (Phi) is 43.0. The summed E-state index contributed by atoms with van der Waals surface area (Å²) in [5.41, 5.74) is 1.23. The highest BCUT2D eigenvalue weighted by atomic mass is 13.9. The summed E-state index contributed by atoms with van der Waals surface area (Å²) in [5.74, 6) is 12.1. The highest BCUT2D eigenvalue weighted by Gasteiger charge is 1.86. The third-order valence-corrected chi connectivity index (χ3v) is 1.38. The Morgan fingerprint density at radius 1 is 0.941 bits per heavy atom. The molecule has 0 spiro atoms. The van der Waals surface area contributed by atoms with Crippen molar-refractivity contribution < 1.29 is 0 Å². The van der Waals surface area contributed by atoms with Gasteiger partial charge < -0.3 is 0 Å². The van der Waals surface area contributed by atoms with Crippen LogP contribution in [-0.2, 0) is 0 Å². The molecule has 0 unspecified atom stereocenters. The topological polar surface area (TPSA) is 0 Å². The minimum absolute atomic E-state index is 0. The van der Waals surface area contributed by atoms with Crippen LogP contribution in [-0.4, -0.2) is 0 Å². The minimum atomic E-state index is 0. The summed E-state index contributed by atoms with van der Waals surface area (Å²) in [4.78, 5) is 0. The minimum Gasteiger partial charge on any atom is -0.0981 e. The maximum Gasteiger partial charge on any atom is 0.0706 e. The second kappa shape index (κ2) is 29.4. The lowest BCUT2D eigenvalue weighted by atomic mass is 10.1. The molecule has 0 radical (unpaired) electrons. The van der Waals surface area contributed by atoms with Crippen LogP contribution in [0, 0.1) is 23.7 Å². The van der Waals surface area contributed by atoms with E-state index in [1.807, 2.05) is 41.5 Å². The predicted octanol–water partition coefficient (Wildman–Crippen LogP) is 5.84. The molecule has 0 bridgehead atoms. The zero-order valence-electron chi connectivity index (χ0n) is 12.2. The van der Waals surface area contributed by atoms with Crippen molar-refractivity contribution in [3.05, 3.63) is 11.6 Å². The fourth-order valence-electron chi connectivity index (χ4n) is 0.795. The second-order valence-electron chi connectivity index (χ2n) is 2.12. The predicted molar refractivity (Wildman–Crippen MR) is 83.9 cm³/mol. The van der Waals surface area contributed by atoms with Crippen LogP contribution in [0.3, 0.4) is 0 Å². The number of hydrogen-bond donors (Lipinski definition) is 0. The first-order chi connectivity index (χ1) is 7.93. The standard InChI is InChI=1S/C10H10.3C2H6.CH4/c1-2-10-8-6-4-3-5-7-9-10;3*1-2;/h9H,2,4,7H2,1H3;3*1-2H3;1H4/b10-9-;;;;. The van der Waals surface area contributed by atoms with Gasteiger partial charge in [0.15, 0.2) is 0 Å². The summed E-state index contributed by atoms with van der Waals surface area (Å²) >= 11 is 0. The van der Waals surface area contributed by atoms with E-state index in [0.29, 0.717) is 0 Å². The zero-order valence-corrected chi connectivity index (χ0v) is 12.2. The van der Waals surface area contributed by atoms with Crippen molar-refractivity contribution in [2.24, 2.45) is 0 Å². The van der Waals surface area contributed by atoms with Gasteiger partial charge in [0.1, 0.15) is 0 Å². The fraction of sp³-hybridized carbons (Fsp3) is 0.647. The second-order valence-corrected chi connectivity index (χ2v) is 2.12. The molecular formula is C17H32. The molecule has 0 atom stereocenters. The Morgan fingerprint density at radius 2 is 1.47 bits per heavy atom. The summed E-state index contributed by atoms with van der Waals surface area (Å²) in [6, 6.07) is 0. The molecule has 0 saturated heterocycles. The van der Waals surface area contributed by atoms with E-state index >= 15 is 0 Å². The summed E-state index contributed by atoms with van der Waals surface area (Å²) < 4.78 is 0. The molecule has 0 nitrogen and oxygen atoms in total. The molecule has 0 fully saturated rings. The lowest BCUT2D eigenvalue weighted by Crippen LogP contribution is -1.77. The van der Waals surface area contributed by atoms with E-state index in [-0.39, 0.29) is 7.43 Å². The van der Waals surface area contributed by atoms with Crippen molar-refractivity contribution in [3.63, 3.8) is 0 Å². The fourth-order valence-corrected chi connectivity index (χ4v) is 0.795. The van der Waals surface area contributed by atoms with Crippen LogP contribution in [0.15, 0.2) is 11.6 Å². The van der Waals surface area contributed by atoms with Gasteiger partial charge in [0.2, 0.25) is 0 Å². The van der Waals surface area contributed by atoms with E-state index in [2.05, 4.69) is 36.7 Å².